The Morgan fingerprint density at radius 2 is 1.88 bits per heavy atom. The molecule has 0 fully saturated rings. The zero-order chi connectivity index (χ0) is 11.6. The zero-order valence-electron chi connectivity index (χ0n) is 9.32. The molecule has 0 aliphatic carbocycles. The van der Waals surface area contributed by atoms with E-state index in [4.69, 9.17) is 0 Å². The molecule has 0 unspecified atom stereocenters. The molecule has 0 radical (unpaired) electrons. The standard InChI is InChI=1S/C13H17NO2/c15-11-13(16)14-10-6-2-5-9-12-7-3-1-4-8-12/h1,3-4,7-8,11H,2,5-6,9-10H2,(H,14,16). The predicted octanol–water partition coefficient (Wildman–Crippen LogP) is 1.71. The fourth-order valence-electron chi connectivity index (χ4n) is 1.53. The van der Waals surface area contributed by atoms with E-state index in [1.54, 1.807) is 0 Å². The number of benzene rings is 1. The molecule has 0 saturated carbocycles. The molecule has 86 valence electrons. The topological polar surface area (TPSA) is 46.2 Å². The SMILES string of the molecule is O=CC(=O)NCCCCCc1ccccc1. The molecule has 16 heavy (non-hydrogen) atoms. The molecule has 0 aromatic heterocycles. The van der Waals surface area contributed by atoms with Crippen molar-refractivity contribution in [2.45, 2.75) is 25.7 Å². The average Bonchev–Trinajstić information content (AvgIpc) is 2.34. The second-order valence-corrected chi connectivity index (χ2v) is 3.71. The summed E-state index contributed by atoms with van der Waals surface area (Å²) < 4.78 is 0. The van der Waals surface area contributed by atoms with E-state index in [2.05, 4.69) is 17.4 Å². The second-order valence-electron chi connectivity index (χ2n) is 3.71. The van der Waals surface area contributed by atoms with Gasteiger partial charge in [0.05, 0.1) is 0 Å². The smallest absolute Gasteiger partial charge is 0.284 e. The van der Waals surface area contributed by atoms with Crippen molar-refractivity contribution in [3.8, 4) is 0 Å². The minimum atomic E-state index is -0.525. The summed E-state index contributed by atoms with van der Waals surface area (Å²) in [5.41, 5.74) is 1.35. The maximum absolute atomic E-state index is 10.6. The fourth-order valence-corrected chi connectivity index (χ4v) is 1.53. The van der Waals surface area contributed by atoms with Crippen LogP contribution in [-0.2, 0) is 16.0 Å². The highest BCUT2D eigenvalue weighted by molar-refractivity contribution is 6.23. The number of carbonyl (C=O) groups excluding carboxylic acids is 2. The van der Waals surface area contributed by atoms with Gasteiger partial charge in [-0.1, -0.05) is 36.8 Å². The van der Waals surface area contributed by atoms with E-state index in [1.807, 2.05) is 18.2 Å². The number of carbonyl (C=O) groups is 2. The molecule has 1 aromatic carbocycles. The molecule has 3 nitrogen and oxygen atoms in total. The van der Waals surface area contributed by atoms with E-state index in [1.165, 1.54) is 5.56 Å². The Labute approximate surface area is 95.9 Å². The van der Waals surface area contributed by atoms with Crippen LogP contribution in [0.2, 0.25) is 0 Å². The maximum atomic E-state index is 10.6. The van der Waals surface area contributed by atoms with Crippen LogP contribution >= 0.6 is 0 Å². The van der Waals surface area contributed by atoms with Gasteiger partial charge in [-0.2, -0.15) is 0 Å². The van der Waals surface area contributed by atoms with Gasteiger partial charge < -0.3 is 5.32 Å². The molecule has 1 N–H and O–H groups in total. The molecule has 0 aliphatic rings. The van der Waals surface area contributed by atoms with E-state index < -0.39 is 5.91 Å². The molecule has 3 heteroatoms. The summed E-state index contributed by atoms with van der Waals surface area (Å²) >= 11 is 0. The van der Waals surface area contributed by atoms with Crippen LogP contribution in [0.5, 0.6) is 0 Å². The van der Waals surface area contributed by atoms with Crippen LogP contribution in [-0.4, -0.2) is 18.7 Å². The van der Waals surface area contributed by atoms with Crippen LogP contribution in [0.1, 0.15) is 24.8 Å². The number of amides is 1. The van der Waals surface area contributed by atoms with Crippen LogP contribution in [0, 0.1) is 0 Å². The number of hydrogen-bond acceptors (Lipinski definition) is 2. The minimum absolute atomic E-state index is 0.309. The van der Waals surface area contributed by atoms with Crippen LogP contribution in [0.3, 0.4) is 0 Å². The summed E-state index contributed by atoms with van der Waals surface area (Å²) in [6, 6.07) is 10.3. The van der Waals surface area contributed by atoms with E-state index in [9.17, 15) is 9.59 Å². The first-order chi connectivity index (χ1) is 7.83. The Morgan fingerprint density at radius 3 is 2.56 bits per heavy atom. The van der Waals surface area contributed by atoms with Gasteiger partial charge in [-0.05, 0) is 24.8 Å². The summed E-state index contributed by atoms with van der Waals surface area (Å²) in [6.45, 7) is 0.590. The molecule has 0 heterocycles. The van der Waals surface area contributed by atoms with Crippen molar-refractivity contribution in [1.29, 1.82) is 0 Å². The first-order valence-electron chi connectivity index (χ1n) is 5.60. The number of aryl methyl sites for hydroxylation is 1. The van der Waals surface area contributed by atoms with Gasteiger partial charge in [0.2, 0.25) is 6.29 Å². The average molecular weight is 219 g/mol. The summed E-state index contributed by atoms with van der Waals surface area (Å²) in [7, 11) is 0. The van der Waals surface area contributed by atoms with Gasteiger partial charge in [-0.15, -0.1) is 0 Å². The zero-order valence-corrected chi connectivity index (χ0v) is 9.32. The Morgan fingerprint density at radius 1 is 1.12 bits per heavy atom. The summed E-state index contributed by atoms with van der Waals surface area (Å²) in [5.74, 6) is -0.525. The number of nitrogens with one attached hydrogen (secondary N) is 1. The van der Waals surface area contributed by atoms with Gasteiger partial charge in [-0.25, -0.2) is 0 Å². The minimum Gasteiger partial charge on any atom is -0.350 e. The largest absolute Gasteiger partial charge is 0.350 e. The van der Waals surface area contributed by atoms with Crippen molar-refractivity contribution < 1.29 is 9.59 Å². The Kier molecular flexibility index (Phi) is 5.92. The van der Waals surface area contributed by atoms with Crippen LogP contribution < -0.4 is 5.32 Å². The van der Waals surface area contributed by atoms with Gasteiger partial charge in [0.1, 0.15) is 0 Å². The molecule has 1 aromatic rings. The molecule has 1 rings (SSSR count). The summed E-state index contributed by atoms with van der Waals surface area (Å²) in [6.07, 6.45) is 4.48. The number of rotatable bonds is 7. The van der Waals surface area contributed by atoms with Crippen molar-refractivity contribution in [3.63, 3.8) is 0 Å². The molecule has 1 amide bonds. The van der Waals surface area contributed by atoms with E-state index in [0.29, 0.717) is 12.8 Å². The van der Waals surface area contributed by atoms with Crippen LogP contribution in [0.15, 0.2) is 30.3 Å². The molecule has 0 spiro atoms. The van der Waals surface area contributed by atoms with Gasteiger partial charge in [0, 0.05) is 6.54 Å². The van der Waals surface area contributed by atoms with Crippen molar-refractivity contribution in [2.24, 2.45) is 0 Å². The summed E-state index contributed by atoms with van der Waals surface area (Å²) in [4.78, 5) is 20.6. The number of aldehydes is 1. The van der Waals surface area contributed by atoms with E-state index in [-0.39, 0.29) is 0 Å². The second kappa shape index (κ2) is 7.63. The van der Waals surface area contributed by atoms with Crippen molar-refractivity contribution in [3.05, 3.63) is 35.9 Å². The van der Waals surface area contributed by atoms with Gasteiger partial charge in [0.25, 0.3) is 5.91 Å². The maximum Gasteiger partial charge on any atom is 0.284 e. The first kappa shape index (κ1) is 12.4. The van der Waals surface area contributed by atoms with Crippen molar-refractivity contribution in [2.75, 3.05) is 6.54 Å². The van der Waals surface area contributed by atoms with Crippen molar-refractivity contribution >= 4 is 12.2 Å². The third-order valence-corrected chi connectivity index (χ3v) is 2.39. The quantitative estimate of drug-likeness (QED) is 0.431. The molecule has 0 bridgehead atoms. The molecular weight excluding hydrogens is 202 g/mol. The molecular formula is C13H17NO2. The van der Waals surface area contributed by atoms with E-state index in [0.717, 1.165) is 25.7 Å². The fraction of sp³-hybridized carbons (Fsp3) is 0.385. The van der Waals surface area contributed by atoms with Crippen molar-refractivity contribution in [1.82, 2.24) is 5.32 Å². The first-order valence-corrected chi connectivity index (χ1v) is 5.60. The highest BCUT2D eigenvalue weighted by Gasteiger charge is 1.96. The van der Waals surface area contributed by atoms with E-state index >= 15 is 0 Å². The lowest BCUT2D eigenvalue weighted by atomic mass is 10.1. The highest BCUT2D eigenvalue weighted by Crippen LogP contribution is 2.05. The Bertz CT molecular complexity index is 322. The molecule has 0 aliphatic heterocycles. The predicted molar refractivity (Wildman–Crippen MR) is 63.1 cm³/mol. The Hall–Kier alpha value is -1.64. The van der Waals surface area contributed by atoms with Gasteiger partial charge >= 0.3 is 0 Å². The lowest BCUT2D eigenvalue weighted by Crippen LogP contribution is -2.24. The molecule has 0 saturated heterocycles. The Balaban J connectivity index is 2.00. The highest BCUT2D eigenvalue weighted by atomic mass is 16.2. The van der Waals surface area contributed by atoms with Crippen LogP contribution in [0.4, 0.5) is 0 Å². The number of hydrogen-bond donors (Lipinski definition) is 1. The number of unbranched alkanes of at least 4 members (excludes halogenated alkanes) is 2. The third-order valence-electron chi connectivity index (χ3n) is 2.39. The lowest BCUT2D eigenvalue weighted by molar-refractivity contribution is -0.131. The van der Waals surface area contributed by atoms with Gasteiger partial charge in [-0.3, -0.25) is 9.59 Å². The summed E-state index contributed by atoms with van der Waals surface area (Å²) in [5, 5.41) is 2.52. The normalized spacial score (nSPS) is 9.75. The third kappa shape index (κ3) is 5.29. The molecule has 0 atom stereocenters. The van der Waals surface area contributed by atoms with Crippen LogP contribution in [0.25, 0.3) is 0 Å². The monoisotopic (exact) mass is 219 g/mol. The lowest BCUT2D eigenvalue weighted by Gasteiger charge is -2.02. The van der Waals surface area contributed by atoms with Gasteiger partial charge in [0.15, 0.2) is 0 Å².